The average Bonchev–Trinajstić information content (AvgIpc) is 2.47. The van der Waals surface area contributed by atoms with Crippen LogP contribution in [0.15, 0.2) is 48.5 Å². The third kappa shape index (κ3) is 2.89. The van der Waals surface area contributed by atoms with Gasteiger partial charge in [-0.2, -0.15) is 0 Å². The fourth-order valence-corrected chi connectivity index (χ4v) is 2.90. The van der Waals surface area contributed by atoms with E-state index in [-0.39, 0.29) is 0 Å². The molecule has 0 bridgehead atoms. The van der Waals surface area contributed by atoms with Crippen molar-refractivity contribution < 1.29 is 0 Å². The Morgan fingerprint density at radius 3 is 2.70 bits per heavy atom. The zero-order chi connectivity index (χ0) is 13.9. The van der Waals surface area contributed by atoms with Gasteiger partial charge in [-0.05, 0) is 29.2 Å². The van der Waals surface area contributed by atoms with Gasteiger partial charge in [-0.3, -0.25) is 4.90 Å². The van der Waals surface area contributed by atoms with E-state index in [4.69, 9.17) is 18.0 Å². The minimum Gasteiger partial charge on any atom is -0.389 e. The second kappa shape index (κ2) is 5.73. The molecular formula is C17H18N2S. The fourth-order valence-electron chi connectivity index (χ4n) is 2.77. The molecule has 2 aromatic carbocycles. The molecule has 3 heteroatoms. The van der Waals surface area contributed by atoms with Gasteiger partial charge in [0, 0.05) is 25.2 Å². The summed E-state index contributed by atoms with van der Waals surface area (Å²) in [6, 6.07) is 17.0. The van der Waals surface area contributed by atoms with Crippen molar-refractivity contribution in [1.29, 1.82) is 0 Å². The first-order chi connectivity index (χ1) is 9.72. The van der Waals surface area contributed by atoms with Crippen LogP contribution >= 0.6 is 12.2 Å². The lowest BCUT2D eigenvalue weighted by Crippen LogP contribution is -2.30. The molecule has 1 heterocycles. The Balaban J connectivity index is 1.73. The summed E-state index contributed by atoms with van der Waals surface area (Å²) in [5, 5.41) is 0. The van der Waals surface area contributed by atoms with Crippen molar-refractivity contribution in [3.8, 4) is 0 Å². The van der Waals surface area contributed by atoms with Gasteiger partial charge in [0.05, 0.1) is 0 Å². The molecule has 102 valence electrons. The van der Waals surface area contributed by atoms with E-state index in [2.05, 4.69) is 41.3 Å². The van der Waals surface area contributed by atoms with Gasteiger partial charge < -0.3 is 5.73 Å². The first-order valence-corrected chi connectivity index (χ1v) is 7.31. The third-order valence-electron chi connectivity index (χ3n) is 3.83. The van der Waals surface area contributed by atoms with Crippen LogP contribution in [-0.4, -0.2) is 16.4 Å². The topological polar surface area (TPSA) is 29.3 Å². The quantitative estimate of drug-likeness (QED) is 0.878. The maximum atomic E-state index is 5.70. The second-order valence-electron chi connectivity index (χ2n) is 5.29. The molecule has 1 aliphatic heterocycles. The Labute approximate surface area is 125 Å². The number of rotatable bonds is 3. The minimum absolute atomic E-state index is 0.468. The van der Waals surface area contributed by atoms with E-state index in [1.165, 1.54) is 16.7 Å². The first kappa shape index (κ1) is 13.3. The molecule has 1 aliphatic rings. The predicted octanol–water partition coefficient (Wildman–Crippen LogP) is 2.88. The molecule has 0 spiro atoms. The Kier molecular flexibility index (Phi) is 3.81. The molecule has 0 amide bonds. The highest BCUT2D eigenvalue weighted by Crippen LogP contribution is 2.20. The second-order valence-corrected chi connectivity index (χ2v) is 5.73. The number of nitrogens with zero attached hydrogens (tertiary/aromatic N) is 1. The van der Waals surface area contributed by atoms with Crippen LogP contribution in [-0.2, 0) is 19.5 Å². The molecule has 0 aliphatic carbocycles. The van der Waals surface area contributed by atoms with E-state index in [0.717, 1.165) is 31.6 Å². The molecule has 2 nitrogen and oxygen atoms in total. The molecule has 0 saturated carbocycles. The molecule has 2 aromatic rings. The standard InChI is InChI=1S/C17H18N2S/c18-17(20)15-7-3-4-13(10-15)11-19-9-8-14-5-1-2-6-16(14)12-19/h1-7,10H,8-9,11-12H2,(H2,18,20). The first-order valence-electron chi connectivity index (χ1n) is 6.90. The van der Waals surface area contributed by atoms with Gasteiger partial charge in [0.15, 0.2) is 0 Å². The largest absolute Gasteiger partial charge is 0.389 e. The lowest BCUT2D eigenvalue weighted by atomic mass is 9.99. The van der Waals surface area contributed by atoms with Gasteiger partial charge in [0.2, 0.25) is 0 Å². The highest BCUT2D eigenvalue weighted by Gasteiger charge is 2.15. The van der Waals surface area contributed by atoms with Crippen molar-refractivity contribution in [3.05, 3.63) is 70.8 Å². The number of fused-ring (bicyclic) bond motifs is 1. The Morgan fingerprint density at radius 2 is 1.90 bits per heavy atom. The van der Waals surface area contributed by atoms with Crippen LogP contribution in [0.1, 0.15) is 22.3 Å². The van der Waals surface area contributed by atoms with Crippen molar-refractivity contribution in [2.24, 2.45) is 5.73 Å². The van der Waals surface area contributed by atoms with E-state index in [9.17, 15) is 0 Å². The van der Waals surface area contributed by atoms with Crippen molar-refractivity contribution in [1.82, 2.24) is 4.90 Å². The minimum atomic E-state index is 0.468. The zero-order valence-corrected chi connectivity index (χ0v) is 12.2. The monoisotopic (exact) mass is 282 g/mol. The number of hydrogen-bond acceptors (Lipinski definition) is 2. The normalized spacial score (nSPS) is 14.8. The molecule has 2 N–H and O–H groups in total. The summed E-state index contributed by atoms with van der Waals surface area (Å²) in [4.78, 5) is 2.94. The number of thiocarbonyl (C=S) groups is 1. The molecular weight excluding hydrogens is 264 g/mol. The molecule has 0 atom stereocenters. The average molecular weight is 282 g/mol. The van der Waals surface area contributed by atoms with Crippen LogP contribution in [0, 0.1) is 0 Å². The summed E-state index contributed by atoms with van der Waals surface area (Å²) in [5.41, 5.74) is 10.9. The maximum absolute atomic E-state index is 5.70. The Bertz CT molecular complexity index is 636. The number of nitrogens with two attached hydrogens (primary N) is 1. The summed E-state index contributed by atoms with van der Waals surface area (Å²) < 4.78 is 0. The van der Waals surface area contributed by atoms with E-state index >= 15 is 0 Å². The van der Waals surface area contributed by atoms with Gasteiger partial charge >= 0.3 is 0 Å². The Morgan fingerprint density at radius 1 is 1.10 bits per heavy atom. The molecule has 0 fully saturated rings. The Hall–Kier alpha value is -1.71. The summed E-state index contributed by atoms with van der Waals surface area (Å²) in [7, 11) is 0. The van der Waals surface area contributed by atoms with Crippen LogP contribution < -0.4 is 5.73 Å². The highest BCUT2D eigenvalue weighted by atomic mass is 32.1. The molecule has 0 unspecified atom stereocenters. The predicted molar refractivity (Wildman–Crippen MR) is 86.6 cm³/mol. The smallest absolute Gasteiger partial charge is 0.103 e. The molecule has 20 heavy (non-hydrogen) atoms. The van der Waals surface area contributed by atoms with E-state index in [1.807, 2.05) is 12.1 Å². The maximum Gasteiger partial charge on any atom is 0.103 e. The molecule has 0 aromatic heterocycles. The van der Waals surface area contributed by atoms with Crippen LogP contribution in [0.3, 0.4) is 0 Å². The molecule has 0 saturated heterocycles. The van der Waals surface area contributed by atoms with Crippen LogP contribution in [0.5, 0.6) is 0 Å². The summed E-state index contributed by atoms with van der Waals surface area (Å²) in [6.45, 7) is 3.08. The summed E-state index contributed by atoms with van der Waals surface area (Å²) in [5.74, 6) is 0. The van der Waals surface area contributed by atoms with E-state index in [1.54, 1.807) is 0 Å². The third-order valence-corrected chi connectivity index (χ3v) is 4.06. The lowest BCUT2D eigenvalue weighted by molar-refractivity contribution is 0.245. The van der Waals surface area contributed by atoms with Crippen molar-refractivity contribution >= 4 is 17.2 Å². The molecule has 0 radical (unpaired) electrons. The summed E-state index contributed by atoms with van der Waals surface area (Å²) >= 11 is 5.04. The number of benzene rings is 2. The van der Waals surface area contributed by atoms with Crippen molar-refractivity contribution in [2.45, 2.75) is 19.5 Å². The van der Waals surface area contributed by atoms with E-state index < -0.39 is 0 Å². The van der Waals surface area contributed by atoms with Gasteiger partial charge in [0.25, 0.3) is 0 Å². The SMILES string of the molecule is NC(=S)c1cccc(CN2CCc3ccccc3C2)c1. The van der Waals surface area contributed by atoms with Gasteiger partial charge in [0.1, 0.15) is 4.99 Å². The van der Waals surface area contributed by atoms with Crippen LogP contribution in [0.25, 0.3) is 0 Å². The number of hydrogen-bond donors (Lipinski definition) is 1. The zero-order valence-electron chi connectivity index (χ0n) is 11.4. The van der Waals surface area contributed by atoms with Gasteiger partial charge in [-0.25, -0.2) is 0 Å². The summed E-state index contributed by atoms with van der Waals surface area (Å²) in [6.07, 6.45) is 1.13. The van der Waals surface area contributed by atoms with Crippen LogP contribution in [0.4, 0.5) is 0 Å². The van der Waals surface area contributed by atoms with Gasteiger partial charge in [-0.15, -0.1) is 0 Å². The van der Waals surface area contributed by atoms with E-state index in [0.29, 0.717) is 4.99 Å². The fraction of sp³-hybridized carbons (Fsp3) is 0.235. The van der Waals surface area contributed by atoms with Crippen molar-refractivity contribution in [2.75, 3.05) is 6.54 Å². The van der Waals surface area contributed by atoms with Gasteiger partial charge in [-0.1, -0.05) is 54.7 Å². The van der Waals surface area contributed by atoms with Crippen molar-refractivity contribution in [3.63, 3.8) is 0 Å². The molecule has 3 rings (SSSR count). The highest BCUT2D eigenvalue weighted by molar-refractivity contribution is 7.80. The lowest BCUT2D eigenvalue weighted by Gasteiger charge is -2.28. The van der Waals surface area contributed by atoms with Crippen LogP contribution in [0.2, 0.25) is 0 Å².